The third kappa shape index (κ3) is 3.20. The van der Waals surface area contributed by atoms with Crippen molar-refractivity contribution in [2.24, 2.45) is 0 Å². The van der Waals surface area contributed by atoms with E-state index in [1.807, 2.05) is 18.5 Å². The van der Waals surface area contributed by atoms with Gasteiger partial charge in [0, 0.05) is 31.0 Å². The third-order valence-corrected chi connectivity index (χ3v) is 3.30. The van der Waals surface area contributed by atoms with Gasteiger partial charge >= 0.3 is 0 Å². The molecule has 4 heteroatoms. The predicted molar refractivity (Wildman–Crippen MR) is 81.9 cm³/mol. The number of rotatable bonds is 7. The predicted octanol–water partition coefficient (Wildman–Crippen LogP) is 3.08. The summed E-state index contributed by atoms with van der Waals surface area (Å²) < 4.78 is 7.54. The molecule has 0 aliphatic rings. The van der Waals surface area contributed by atoms with Crippen LogP contribution in [0.15, 0.2) is 30.6 Å². The molecule has 1 heterocycles. The highest BCUT2D eigenvalue weighted by Gasteiger charge is 2.11. The Kier molecular flexibility index (Phi) is 5.18. The standard InChI is InChI=1S/C16H23N3O/c1-4-9-19-10-8-18-16(19)15-7-6-14(20-3)11-13(15)12-17-5-2/h6-8,10-11,17H,4-5,9,12H2,1-3H3. The second-order valence-electron chi connectivity index (χ2n) is 4.75. The first-order valence-electron chi connectivity index (χ1n) is 7.19. The van der Waals surface area contributed by atoms with Crippen LogP contribution in [0.4, 0.5) is 0 Å². The molecule has 0 unspecified atom stereocenters. The fourth-order valence-corrected chi connectivity index (χ4v) is 2.30. The van der Waals surface area contributed by atoms with E-state index >= 15 is 0 Å². The van der Waals surface area contributed by atoms with E-state index in [2.05, 4.69) is 40.8 Å². The molecular formula is C16H23N3O. The second-order valence-corrected chi connectivity index (χ2v) is 4.75. The lowest BCUT2D eigenvalue weighted by Gasteiger charge is -2.13. The first-order chi connectivity index (χ1) is 9.80. The molecule has 0 saturated heterocycles. The minimum Gasteiger partial charge on any atom is -0.497 e. The highest BCUT2D eigenvalue weighted by molar-refractivity contribution is 5.62. The van der Waals surface area contributed by atoms with E-state index in [9.17, 15) is 0 Å². The maximum Gasteiger partial charge on any atom is 0.140 e. The molecule has 0 radical (unpaired) electrons. The summed E-state index contributed by atoms with van der Waals surface area (Å²) >= 11 is 0. The van der Waals surface area contributed by atoms with E-state index < -0.39 is 0 Å². The van der Waals surface area contributed by atoms with Crippen LogP contribution in [0.5, 0.6) is 5.75 Å². The van der Waals surface area contributed by atoms with Crippen molar-refractivity contribution in [3.63, 3.8) is 0 Å². The third-order valence-electron chi connectivity index (χ3n) is 3.30. The summed E-state index contributed by atoms with van der Waals surface area (Å²) in [7, 11) is 1.70. The molecule has 2 rings (SSSR count). The Bertz CT molecular complexity index is 548. The van der Waals surface area contributed by atoms with Crippen molar-refractivity contribution in [3.05, 3.63) is 36.2 Å². The number of nitrogens with one attached hydrogen (secondary N) is 1. The van der Waals surface area contributed by atoms with Crippen LogP contribution < -0.4 is 10.1 Å². The van der Waals surface area contributed by atoms with Crippen molar-refractivity contribution < 1.29 is 4.74 Å². The zero-order valence-corrected chi connectivity index (χ0v) is 12.5. The Morgan fingerprint density at radius 1 is 1.30 bits per heavy atom. The lowest BCUT2D eigenvalue weighted by atomic mass is 10.1. The average molecular weight is 273 g/mol. The van der Waals surface area contributed by atoms with Gasteiger partial charge in [0.15, 0.2) is 0 Å². The molecule has 20 heavy (non-hydrogen) atoms. The molecule has 0 bridgehead atoms. The summed E-state index contributed by atoms with van der Waals surface area (Å²) in [5.41, 5.74) is 2.39. The number of benzene rings is 1. The zero-order valence-electron chi connectivity index (χ0n) is 12.5. The van der Waals surface area contributed by atoms with Gasteiger partial charge in [-0.3, -0.25) is 0 Å². The van der Waals surface area contributed by atoms with Gasteiger partial charge in [-0.2, -0.15) is 0 Å². The molecule has 0 aliphatic heterocycles. The smallest absolute Gasteiger partial charge is 0.140 e. The number of ether oxygens (including phenoxy) is 1. The van der Waals surface area contributed by atoms with Crippen molar-refractivity contribution >= 4 is 0 Å². The molecule has 108 valence electrons. The van der Waals surface area contributed by atoms with E-state index in [1.165, 1.54) is 11.1 Å². The van der Waals surface area contributed by atoms with Crippen LogP contribution in [0.3, 0.4) is 0 Å². The number of hydrogen-bond acceptors (Lipinski definition) is 3. The highest BCUT2D eigenvalue weighted by atomic mass is 16.5. The van der Waals surface area contributed by atoms with Crippen LogP contribution in [0.2, 0.25) is 0 Å². The number of nitrogens with zero attached hydrogens (tertiary/aromatic N) is 2. The number of imidazole rings is 1. The Hall–Kier alpha value is -1.81. The number of methoxy groups -OCH3 is 1. The van der Waals surface area contributed by atoms with Gasteiger partial charge in [-0.25, -0.2) is 4.98 Å². The number of aromatic nitrogens is 2. The van der Waals surface area contributed by atoms with Crippen LogP contribution in [0.1, 0.15) is 25.8 Å². The molecule has 0 spiro atoms. The van der Waals surface area contributed by atoms with Crippen molar-refractivity contribution in [1.29, 1.82) is 0 Å². The van der Waals surface area contributed by atoms with Crippen LogP contribution in [0, 0.1) is 0 Å². The normalized spacial score (nSPS) is 10.8. The van der Waals surface area contributed by atoms with Crippen LogP contribution in [0.25, 0.3) is 11.4 Å². The molecule has 1 aromatic heterocycles. The van der Waals surface area contributed by atoms with Crippen molar-refractivity contribution in [1.82, 2.24) is 14.9 Å². The monoisotopic (exact) mass is 273 g/mol. The first-order valence-corrected chi connectivity index (χ1v) is 7.19. The second kappa shape index (κ2) is 7.10. The Morgan fingerprint density at radius 3 is 2.85 bits per heavy atom. The zero-order chi connectivity index (χ0) is 14.4. The molecule has 0 aliphatic carbocycles. The van der Waals surface area contributed by atoms with E-state index in [1.54, 1.807) is 7.11 Å². The van der Waals surface area contributed by atoms with Gasteiger partial charge in [-0.15, -0.1) is 0 Å². The van der Waals surface area contributed by atoms with Crippen LogP contribution in [-0.4, -0.2) is 23.2 Å². The fraction of sp³-hybridized carbons (Fsp3) is 0.438. The summed E-state index contributed by atoms with van der Waals surface area (Å²) in [6.45, 7) is 7.04. The molecule has 0 amide bonds. The van der Waals surface area contributed by atoms with Gasteiger partial charge in [0.05, 0.1) is 7.11 Å². The Balaban J connectivity index is 2.40. The molecule has 1 aromatic carbocycles. The van der Waals surface area contributed by atoms with Gasteiger partial charge < -0.3 is 14.6 Å². The summed E-state index contributed by atoms with van der Waals surface area (Å²) in [6.07, 6.45) is 5.01. The van der Waals surface area contributed by atoms with E-state index in [0.29, 0.717) is 0 Å². The number of hydrogen-bond donors (Lipinski definition) is 1. The molecule has 0 fully saturated rings. The SMILES string of the molecule is CCCn1ccnc1-c1ccc(OC)cc1CNCC. The quantitative estimate of drug-likeness (QED) is 0.842. The maximum atomic E-state index is 5.33. The summed E-state index contributed by atoms with van der Waals surface area (Å²) in [5, 5.41) is 3.38. The topological polar surface area (TPSA) is 39.1 Å². The van der Waals surface area contributed by atoms with E-state index in [4.69, 9.17) is 4.74 Å². The summed E-state index contributed by atoms with van der Waals surface area (Å²) in [6, 6.07) is 6.18. The van der Waals surface area contributed by atoms with E-state index in [0.717, 1.165) is 37.6 Å². The van der Waals surface area contributed by atoms with Crippen molar-refractivity contribution in [3.8, 4) is 17.1 Å². The molecule has 2 aromatic rings. The van der Waals surface area contributed by atoms with Gasteiger partial charge in [0.1, 0.15) is 11.6 Å². The molecule has 1 N–H and O–H groups in total. The Morgan fingerprint density at radius 2 is 2.15 bits per heavy atom. The minimum absolute atomic E-state index is 0.821. The largest absolute Gasteiger partial charge is 0.497 e. The minimum atomic E-state index is 0.821. The summed E-state index contributed by atoms with van der Waals surface area (Å²) in [5.74, 6) is 1.91. The molecule has 4 nitrogen and oxygen atoms in total. The fourth-order valence-electron chi connectivity index (χ4n) is 2.30. The lowest BCUT2D eigenvalue weighted by Crippen LogP contribution is -2.13. The molecular weight excluding hydrogens is 250 g/mol. The van der Waals surface area contributed by atoms with Gasteiger partial charge in [0.25, 0.3) is 0 Å². The van der Waals surface area contributed by atoms with E-state index in [-0.39, 0.29) is 0 Å². The van der Waals surface area contributed by atoms with Crippen molar-refractivity contribution in [2.45, 2.75) is 33.4 Å². The maximum absolute atomic E-state index is 5.33. The lowest BCUT2D eigenvalue weighted by molar-refractivity contribution is 0.414. The highest BCUT2D eigenvalue weighted by Crippen LogP contribution is 2.26. The number of aryl methyl sites for hydroxylation is 1. The average Bonchev–Trinajstić information content (AvgIpc) is 2.93. The molecule has 0 saturated carbocycles. The van der Waals surface area contributed by atoms with Crippen LogP contribution in [-0.2, 0) is 13.1 Å². The van der Waals surface area contributed by atoms with Gasteiger partial charge in [-0.05, 0) is 36.7 Å². The summed E-state index contributed by atoms with van der Waals surface area (Å²) in [4.78, 5) is 4.52. The van der Waals surface area contributed by atoms with Crippen LogP contribution >= 0.6 is 0 Å². The first kappa shape index (κ1) is 14.6. The van der Waals surface area contributed by atoms with Gasteiger partial charge in [-0.1, -0.05) is 13.8 Å². The van der Waals surface area contributed by atoms with Gasteiger partial charge in [0.2, 0.25) is 0 Å². The van der Waals surface area contributed by atoms with Crippen molar-refractivity contribution in [2.75, 3.05) is 13.7 Å². The Labute approximate surface area is 120 Å². The molecule has 0 atom stereocenters.